The van der Waals surface area contributed by atoms with Crippen molar-refractivity contribution in [2.24, 2.45) is 0 Å². The monoisotopic (exact) mass is 370 g/mol. The van der Waals surface area contributed by atoms with Crippen molar-refractivity contribution in [3.8, 4) is 5.75 Å². The Labute approximate surface area is 115 Å². The van der Waals surface area contributed by atoms with Crippen molar-refractivity contribution in [1.82, 2.24) is 0 Å². The number of halogens is 3. The average molecular weight is 372 g/mol. The summed E-state index contributed by atoms with van der Waals surface area (Å²) in [7, 11) is 1.32. The van der Waals surface area contributed by atoms with Crippen LogP contribution in [-0.4, -0.2) is 24.5 Å². The maximum Gasteiger partial charge on any atom is 0.322 e. The molecule has 1 unspecified atom stereocenters. The predicted octanol–water partition coefficient (Wildman–Crippen LogP) is 3.42. The van der Waals surface area contributed by atoms with E-state index in [0.29, 0.717) is 10.8 Å². The van der Waals surface area contributed by atoms with Gasteiger partial charge in [0.2, 0.25) is 0 Å². The number of carbonyl (C=O) groups is 1. The second kappa shape index (κ2) is 6.47. The Morgan fingerprint density at radius 1 is 1.56 bits per heavy atom. The van der Waals surface area contributed by atoms with Crippen molar-refractivity contribution in [2.45, 2.75) is 4.83 Å². The SMILES string of the molecule is COC(=O)C(Br)COc1ccc(Br)cc1Cl. The Hall–Kier alpha value is -0.260. The highest BCUT2D eigenvalue weighted by atomic mass is 79.9. The lowest BCUT2D eigenvalue weighted by Crippen LogP contribution is -2.22. The van der Waals surface area contributed by atoms with Gasteiger partial charge >= 0.3 is 5.97 Å². The van der Waals surface area contributed by atoms with Gasteiger partial charge in [0.25, 0.3) is 0 Å². The number of ether oxygens (including phenoxy) is 2. The first-order valence-corrected chi connectivity index (χ1v) is 6.43. The first-order chi connectivity index (χ1) is 7.54. The Bertz CT molecular complexity index is 384. The largest absolute Gasteiger partial charge is 0.490 e. The van der Waals surface area contributed by atoms with E-state index in [-0.39, 0.29) is 12.6 Å². The van der Waals surface area contributed by atoms with Crippen LogP contribution in [0.3, 0.4) is 0 Å². The van der Waals surface area contributed by atoms with Crippen molar-refractivity contribution in [3.05, 3.63) is 27.7 Å². The summed E-state index contributed by atoms with van der Waals surface area (Å²) in [6.45, 7) is 0.161. The summed E-state index contributed by atoms with van der Waals surface area (Å²) in [5, 5.41) is 0.485. The Morgan fingerprint density at radius 3 is 2.81 bits per heavy atom. The highest BCUT2D eigenvalue weighted by Gasteiger charge is 2.16. The van der Waals surface area contributed by atoms with Gasteiger partial charge < -0.3 is 9.47 Å². The van der Waals surface area contributed by atoms with Crippen LogP contribution in [0.4, 0.5) is 0 Å². The molecule has 1 aromatic rings. The Morgan fingerprint density at radius 2 is 2.25 bits per heavy atom. The molecule has 0 heterocycles. The molecule has 0 bridgehead atoms. The molecular formula is C10H9Br2ClO3. The lowest BCUT2D eigenvalue weighted by Gasteiger charge is -2.11. The number of carbonyl (C=O) groups excluding carboxylic acids is 1. The van der Waals surface area contributed by atoms with Crippen molar-refractivity contribution in [2.75, 3.05) is 13.7 Å². The highest BCUT2D eigenvalue weighted by Crippen LogP contribution is 2.28. The Kier molecular flexibility index (Phi) is 5.58. The molecule has 0 spiro atoms. The van der Waals surface area contributed by atoms with Gasteiger partial charge in [-0.05, 0) is 18.2 Å². The van der Waals surface area contributed by atoms with Crippen LogP contribution in [-0.2, 0) is 9.53 Å². The molecule has 0 saturated heterocycles. The molecule has 0 aromatic heterocycles. The second-order valence-electron chi connectivity index (χ2n) is 2.88. The molecule has 3 nitrogen and oxygen atoms in total. The summed E-state index contributed by atoms with van der Waals surface area (Å²) in [4.78, 5) is 10.6. The zero-order valence-electron chi connectivity index (χ0n) is 8.38. The van der Waals surface area contributed by atoms with Crippen LogP contribution in [0.2, 0.25) is 5.02 Å². The number of benzene rings is 1. The van der Waals surface area contributed by atoms with Gasteiger partial charge in [-0.25, -0.2) is 0 Å². The maximum absolute atomic E-state index is 11.1. The topological polar surface area (TPSA) is 35.5 Å². The van der Waals surface area contributed by atoms with Crippen molar-refractivity contribution < 1.29 is 14.3 Å². The summed E-state index contributed by atoms with van der Waals surface area (Å²) in [6, 6.07) is 5.25. The second-order valence-corrected chi connectivity index (χ2v) is 5.30. The van der Waals surface area contributed by atoms with Gasteiger partial charge in [-0.3, -0.25) is 4.79 Å². The number of alkyl halides is 1. The molecule has 1 atom stereocenters. The lowest BCUT2D eigenvalue weighted by molar-refractivity contribution is -0.140. The van der Waals surface area contributed by atoms with E-state index in [1.54, 1.807) is 12.1 Å². The van der Waals surface area contributed by atoms with E-state index in [0.717, 1.165) is 4.47 Å². The molecule has 0 aliphatic carbocycles. The number of rotatable bonds is 4. The van der Waals surface area contributed by atoms with E-state index in [1.165, 1.54) is 7.11 Å². The maximum atomic E-state index is 11.1. The highest BCUT2D eigenvalue weighted by molar-refractivity contribution is 9.10. The van der Waals surface area contributed by atoms with E-state index in [2.05, 4.69) is 36.6 Å². The lowest BCUT2D eigenvalue weighted by atomic mass is 10.3. The molecule has 0 saturated carbocycles. The quantitative estimate of drug-likeness (QED) is 0.600. The normalized spacial score (nSPS) is 12.0. The first kappa shape index (κ1) is 13.8. The molecule has 0 radical (unpaired) electrons. The van der Waals surface area contributed by atoms with Crippen LogP contribution in [0.15, 0.2) is 22.7 Å². The molecule has 1 aromatic carbocycles. The summed E-state index contributed by atoms with van der Waals surface area (Å²) in [6.07, 6.45) is 0. The minimum atomic E-state index is -0.503. The van der Waals surface area contributed by atoms with Gasteiger partial charge in [0.15, 0.2) is 0 Å². The van der Waals surface area contributed by atoms with Gasteiger partial charge in [-0.1, -0.05) is 43.5 Å². The van der Waals surface area contributed by atoms with Gasteiger partial charge in [0.05, 0.1) is 12.1 Å². The zero-order valence-corrected chi connectivity index (χ0v) is 12.3. The third kappa shape index (κ3) is 3.96. The molecule has 0 fully saturated rings. The van der Waals surface area contributed by atoms with Crippen LogP contribution in [0.25, 0.3) is 0 Å². The van der Waals surface area contributed by atoms with E-state index in [4.69, 9.17) is 16.3 Å². The summed E-state index contributed by atoms with van der Waals surface area (Å²) in [5.41, 5.74) is 0. The number of hydrogen-bond acceptors (Lipinski definition) is 3. The molecule has 1 rings (SSSR count). The van der Waals surface area contributed by atoms with Gasteiger partial charge in [0.1, 0.15) is 17.2 Å². The fourth-order valence-electron chi connectivity index (χ4n) is 0.951. The molecule has 88 valence electrons. The van der Waals surface area contributed by atoms with Crippen LogP contribution in [0, 0.1) is 0 Å². The van der Waals surface area contributed by atoms with Crippen LogP contribution in [0.1, 0.15) is 0 Å². The summed E-state index contributed by atoms with van der Waals surface area (Å²) >= 11 is 12.4. The fourth-order valence-corrected chi connectivity index (χ4v) is 2.00. The number of methoxy groups -OCH3 is 1. The van der Waals surface area contributed by atoms with Crippen LogP contribution < -0.4 is 4.74 Å². The van der Waals surface area contributed by atoms with Crippen molar-refractivity contribution in [3.63, 3.8) is 0 Å². The van der Waals surface area contributed by atoms with E-state index >= 15 is 0 Å². The van der Waals surface area contributed by atoms with E-state index < -0.39 is 4.83 Å². The molecule has 0 aliphatic heterocycles. The third-order valence-electron chi connectivity index (χ3n) is 1.74. The number of hydrogen-bond donors (Lipinski definition) is 0. The fraction of sp³-hybridized carbons (Fsp3) is 0.300. The summed E-state index contributed by atoms with van der Waals surface area (Å²) < 4.78 is 10.8. The zero-order chi connectivity index (χ0) is 12.1. The average Bonchev–Trinajstić information content (AvgIpc) is 2.26. The molecule has 0 amide bonds. The number of esters is 1. The molecular weight excluding hydrogens is 363 g/mol. The van der Waals surface area contributed by atoms with Crippen LogP contribution in [0.5, 0.6) is 5.75 Å². The minimum absolute atomic E-state index is 0.161. The smallest absolute Gasteiger partial charge is 0.322 e. The Balaban J connectivity index is 2.58. The van der Waals surface area contributed by atoms with Gasteiger partial charge in [0, 0.05) is 4.47 Å². The van der Waals surface area contributed by atoms with E-state index in [9.17, 15) is 4.79 Å². The van der Waals surface area contributed by atoms with Crippen molar-refractivity contribution >= 4 is 49.4 Å². The molecule has 0 aliphatic rings. The predicted molar refractivity (Wildman–Crippen MR) is 69.4 cm³/mol. The molecule has 6 heteroatoms. The minimum Gasteiger partial charge on any atom is -0.490 e. The van der Waals surface area contributed by atoms with Crippen LogP contribution >= 0.6 is 43.5 Å². The third-order valence-corrected chi connectivity index (χ3v) is 3.16. The summed E-state index contributed by atoms with van der Waals surface area (Å²) in [5.74, 6) is 0.145. The van der Waals surface area contributed by atoms with E-state index in [1.807, 2.05) is 6.07 Å². The van der Waals surface area contributed by atoms with Crippen molar-refractivity contribution in [1.29, 1.82) is 0 Å². The first-order valence-electron chi connectivity index (χ1n) is 4.34. The van der Waals surface area contributed by atoms with Gasteiger partial charge in [-0.2, -0.15) is 0 Å². The molecule has 0 N–H and O–H groups in total. The standard InChI is InChI=1S/C10H9Br2ClO3/c1-15-10(14)7(12)5-16-9-3-2-6(11)4-8(9)13/h2-4,7H,5H2,1H3. The molecule has 16 heavy (non-hydrogen) atoms. The van der Waals surface area contributed by atoms with Gasteiger partial charge in [-0.15, -0.1) is 0 Å².